The number of allylic oxidation sites excluding steroid dienone is 2. The van der Waals surface area contributed by atoms with Crippen LogP contribution in [0.1, 0.15) is 26.3 Å². The molecule has 1 N–H and O–H groups in total. The largest absolute Gasteiger partial charge is 0.354 e. The molecule has 0 saturated heterocycles. The number of hydrogen-bond donors (Lipinski definition) is 1. The lowest BCUT2D eigenvalue weighted by Gasteiger charge is -2.22. The van der Waals surface area contributed by atoms with Crippen molar-refractivity contribution in [3.8, 4) is 0 Å². The first kappa shape index (κ1) is 15.7. The van der Waals surface area contributed by atoms with Crippen molar-refractivity contribution in [1.82, 2.24) is 0 Å². The monoisotopic (exact) mass is 373 g/mol. The molecule has 0 amide bonds. The van der Waals surface area contributed by atoms with Crippen molar-refractivity contribution in [3.05, 3.63) is 54.1 Å². The highest BCUT2D eigenvalue weighted by Crippen LogP contribution is 2.44. The van der Waals surface area contributed by atoms with E-state index >= 15 is 0 Å². The molecule has 1 aliphatic rings. The Labute approximate surface area is 145 Å². The van der Waals surface area contributed by atoms with Gasteiger partial charge in [-0.05, 0) is 47.7 Å². The number of nitrogens with one attached hydrogen (secondary N) is 1. The lowest BCUT2D eigenvalue weighted by atomic mass is 9.91. The van der Waals surface area contributed by atoms with E-state index in [-0.39, 0.29) is 5.41 Å². The van der Waals surface area contributed by atoms with Gasteiger partial charge in [0.1, 0.15) is 0 Å². The lowest BCUT2D eigenvalue weighted by Crippen LogP contribution is -2.09. The molecule has 0 saturated carbocycles. The first-order valence-corrected chi connectivity index (χ1v) is 9.36. The molecule has 0 atom stereocenters. The molecule has 1 heterocycles. The molecule has 2 aromatic carbocycles. The minimum absolute atomic E-state index is 0.161. The highest BCUT2D eigenvalue weighted by atomic mass is 79.9. The normalized spacial score (nSPS) is 14.1. The van der Waals surface area contributed by atoms with E-state index in [1.54, 1.807) is 0 Å². The quantitative estimate of drug-likeness (QED) is 0.511. The molecule has 1 nitrogen and oxygen atoms in total. The summed E-state index contributed by atoms with van der Waals surface area (Å²) in [7, 11) is 0. The molecule has 3 rings (SSSR count). The molecule has 2 aromatic rings. The van der Waals surface area contributed by atoms with Gasteiger partial charge in [0, 0.05) is 15.1 Å². The summed E-state index contributed by atoms with van der Waals surface area (Å²) in [5.74, 6) is 0. The zero-order valence-corrected chi connectivity index (χ0v) is 15.5. The van der Waals surface area contributed by atoms with E-state index in [1.807, 2.05) is 11.8 Å². The average molecular weight is 374 g/mol. The third-order valence-electron chi connectivity index (χ3n) is 3.76. The Morgan fingerprint density at radius 3 is 2.64 bits per heavy atom. The van der Waals surface area contributed by atoms with E-state index in [9.17, 15) is 0 Å². The summed E-state index contributed by atoms with van der Waals surface area (Å²) in [5.41, 5.74) is 5.15. The zero-order chi connectivity index (χ0) is 15.7. The van der Waals surface area contributed by atoms with Crippen LogP contribution >= 0.6 is 27.7 Å². The minimum atomic E-state index is 0.161. The van der Waals surface area contributed by atoms with Crippen LogP contribution < -0.4 is 5.32 Å². The van der Waals surface area contributed by atoms with Crippen molar-refractivity contribution >= 4 is 44.6 Å². The second kappa shape index (κ2) is 6.13. The maximum Gasteiger partial charge on any atom is 0.0532 e. The Morgan fingerprint density at radius 2 is 1.86 bits per heavy atom. The summed E-state index contributed by atoms with van der Waals surface area (Å²) in [6, 6.07) is 15.2. The van der Waals surface area contributed by atoms with E-state index in [1.165, 1.54) is 32.3 Å². The SMILES string of the molecule is C/C(=C\C(C)(C)CBr)c1ccc2c(c1)Nc1ccccc1S2. The van der Waals surface area contributed by atoms with E-state index in [0.29, 0.717) is 0 Å². The summed E-state index contributed by atoms with van der Waals surface area (Å²) in [6.07, 6.45) is 2.34. The molecule has 22 heavy (non-hydrogen) atoms. The fourth-order valence-corrected chi connectivity index (χ4v) is 3.72. The molecule has 1 aliphatic heterocycles. The van der Waals surface area contributed by atoms with E-state index in [0.717, 1.165) is 5.33 Å². The molecule has 114 valence electrons. The van der Waals surface area contributed by atoms with Crippen LogP contribution in [0.3, 0.4) is 0 Å². The molecule has 0 aromatic heterocycles. The fraction of sp³-hybridized carbons (Fsp3) is 0.263. The molecular weight excluding hydrogens is 354 g/mol. The highest BCUT2D eigenvalue weighted by molar-refractivity contribution is 9.09. The van der Waals surface area contributed by atoms with Gasteiger partial charge in [-0.1, -0.05) is 65.8 Å². The van der Waals surface area contributed by atoms with Gasteiger partial charge in [-0.25, -0.2) is 0 Å². The van der Waals surface area contributed by atoms with Crippen LogP contribution in [0.25, 0.3) is 5.57 Å². The first-order chi connectivity index (χ1) is 10.5. The third kappa shape index (κ3) is 3.26. The van der Waals surface area contributed by atoms with Gasteiger partial charge in [0.15, 0.2) is 0 Å². The molecule has 3 heteroatoms. The number of benzene rings is 2. The van der Waals surface area contributed by atoms with Crippen molar-refractivity contribution in [3.63, 3.8) is 0 Å². The van der Waals surface area contributed by atoms with Crippen molar-refractivity contribution in [2.75, 3.05) is 10.6 Å². The number of anilines is 2. The van der Waals surface area contributed by atoms with Crippen LogP contribution in [0.4, 0.5) is 11.4 Å². The van der Waals surface area contributed by atoms with Gasteiger partial charge in [0.2, 0.25) is 0 Å². The Morgan fingerprint density at radius 1 is 1.14 bits per heavy atom. The van der Waals surface area contributed by atoms with Gasteiger partial charge in [-0.3, -0.25) is 0 Å². The van der Waals surface area contributed by atoms with Gasteiger partial charge in [-0.15, -0.1) is 0 Å². The fourth-order valence-electron chi connectivity index (χ4n) is 2.59. The summed E-state index contributed by atoms with van der Waals surface area (Å²) >= 11 is 5.42. The Bertz CT molecular complexity index is 734. The number of para-hydroxylation sites is 1. The van der Waals surface area contributed by atoms with Crippen molar-refractivity contribution in [2.24, 2.45) is 5.41 Å². The standard InChI is InChI=1S/C19H20BrNS/c1-13(11-19(2,3)12-20)14-8-9-18-16(10-14)21-15-6-4-5-7-17(15)22-18/h4-11,21H,12H2,1-3H3/b13-11+. The summed E-state index contributed by atoms with van der Waals surface area (Å²) in [6.45, 7) is 6.68. The van der Waals surface area contributed by atoms with E-state index in [2.05, 4.69) is 90.6 Å². The molecule has 0 fully saturated rings. The van der Waals surface area contributed by atoms with Gasteiger partial charge in [-0.2, -0.15) is 0 Å². The maximum atomic E-state index is 3.59. The van der Waals surface area contributed by atoms with Gasteiger partial charge >= 0.3 is 0 Å². The number of halogens is 1. The molecular formula is C19H20BrNS. The first-order valence-electron chi connectivity index (χ1n) is 7.42. The predicted molar refractivity (Wildman–Crippen MR) is 102 cm³/mol. The number of rotatable bonds is 3. The van der Waals surface area contributed by atoms with Crippen molar-refractivity contribution in [1.29, 1.82) is 0 Å². The summed E-state index contributed by atoms with van der Waals surface area (Å²) in [4.78, 5) is 2.57. The Balaban J connectivity index is 1.93. The van der Waals surface area contributed by atoms with Crippen LogP contribution in [-0.4, -0.2) is 5.33 Å². The van der Waals surface area contributed by atoms with Crippen LogP contribution in [0, 0.1) is 5.41 Å². The Hall–Kier alpha value is -1.19. The van der Waals surface area contributed by atoms with E-state index < -0.39 is 0 Å². The molecule has 0 aliphatic carbocycles. The lowest BCUT2D eigenvalue weighted by molar-refractivity contribution is 0.562. The number of fused-ring (bicyclic) bond motifs is 2. The summed E-state index contributed by atoms with van der Waals surface area (Å²) < 4.78 is 0. The van der Waals surface area contributed by atoms with Crippen LogP contribution in [0.15, 0.2) is 58.3 Å². The van der Waals surface area contributed by atoms with Crippen molar-refractivity contribution in [2.45, 2.75) is 30.6 Å². The zero-order valence-electron chi connectivity index (χ0n) is 13.1. The molecule has 0 spiro atoms. The number of hydrogen-bond acceptors (Lipinski definition) is 2. The Kier molecular flexibility index (Phi) is 4.37. The van der Waals surface area contributed by atoms with Gasteiger partial charge in [0.25, 0.3) is 0 Å². The average Bonchev–Trinajstić information content (AvgIpc) is 2.52. The molecule has 0 bridgehead atoms. The van der Waals surface area contributed by atoms with Crippen LogP contribution in [0.5, 0.6) is 0 Å². The minimum Gasteiger partial charge on any atom is -0.354 e. The smallest absolute Gasteiger partial charge is 0.0532 e. The van der Waals surface area contributed by atoms with E-state index in [4.69, 9.17) is 0 Å². The van der Waals surface area contributed by atoms with Gasteiger partial charge < -0.3 is 5.32 Å². The summed E-state index contributed by atoms with van der Waals surface area (Å²) in [5, 5.41) is 4.52. The number of alkyl halides is 1. The van der Waals surface area contributed by atoms with Crippen molar-refractivity contribution < 1.29 is 0 Å². The second-order valence-electron chi connectivity index (χ2n) is 6.38. The molecule has 0 radical (unpaired) electrons. The topological polar surface area (TPSA) is 12.0 Å². The van der Waals surface area contributed by atoms with Crippen LogP contribution in [0.2, 0.25) is 0 Å². The predicted octanol–water partition coefficient (Wildman–Crippen LogP) is 6.72. The third-order valence-corrected chi connectivity index (χ3v) is 6.36. The second-order valence-corrected chi connectivity index (χ2v) is 8.03. The highest BCUT2D eigenvalue weighted by Gasteiger charge is 2.17. The van der Waals surface area contributed by atoms with Gasteiger partial charge in [0.05, 0.1) is 11.4 Å². The maximum absolute atomic E-state index is 3.59. The van der Waals surface area contributed by atoms with Crippen LogP contribution in [-0.2, 0) is 0 Å². The molecule has 0 unspecified atom stereocenters.